The van der Waals surface area contributed by atoms with Crippen molar-refractivity contribution in [2.75, 3.05) is 13.1 Å². The van der Waals surface area contributed by atoms with Gasteiger partial charge in [0.25, 0.3) is 11.6 Å². The fourth-order valence-corrected chi connectivity index (χ4v) is 2.30. The molecular weight excluding hydrogens is 326 g/mol. The van der Waals surface area contributed by atoms with Gasteiger partial charge in [-0.25, -0.2) is 4.68 Å². The van der Waals surface area contributed by atoms with E-state index >= 15 is 0 Å². The summed E-state index contributed by atoms with van der Waals surface area (Å²) >= 11 is 0. The summed E-state index contributed by atoms with van der Waals surface area (Å²) in [5, 5.41) is 17.9. The minimum atomic E-state index is -0.616. The highest BCUT2D eigenvalue weighted by molar-refractivity contribution is 5.92. The Hall–Kier alpha value is -3.07. The zero-order valence-electron chi connectivity index (χ0n) is 13.8. The van der Waals surface area contributed by atoms with Crippen LogP contribution in [0, 0.1) is 17.0 Å². The SMILES string of the molecule is Cc1cc(=O)c(C(=O)NCCCCN)nn1-c1ccccc1[N+](=O)[O-]. The summed E-state index contributed by atoms with van der Waals surface area (Å²) in [6.07, 6.45) is 1.44. The zero-order chi connectivity index (χ0) is 18.4. The Morgan fingerprint density at radius 2 is 2.08 bits per heavy atom. The summed E-state index contributed by atoms with van der Waals surface area (Å²) in [7, 11) is 0. The third kappa shape index (κ3) is 4.27. The van der Waals surface area contributed by atoms with Crippen molar-refractivity contribution >= 4 is 11.6 Å². The molecule has 0 atom stereocenters. The Bertz CT molecular complexity index is 847. The molecule has 3 N–H and O–H groups in total. The smallest absolute Gasteiger partial charge is 0.294 e. The lowest BCUT2D eigenvalue weighted by molar-refractivity contribution is -0.384. The molecule has 0 fully saturated rings. The van der Waals surface area contributed by atoms with Crippen molar-refractivity contribution in [3.8, 4) is 5.69 Å². The van der Waals surface area contributed by atoms with Gasteiger partial charge in [-0.1, -0.05) is 12.1 Å². The van der Waals surface area contributed by atoms with Gasteiger partial charge in [0.05, 0.1) is 4.92 Å². The summed E-state index contributed by atoms with van der Waals surface area (Å²) in [6.45, 7) is 2.48. The molecule has 1 amide bonds. The fraction of sp³-hybridized carbons (Fsp3) is 0.312. The quantitative estimate of drug-likeness (QED) is 0.435. The van der Waals surface area contributed by atoms with E-state index in [0.29, 0.717) is 25.2 Å². The first-order valence-electron chi connectivity index (χ1n) is 7.78. The van der Waals surface area contributed by atoms with Crippen molar-refractivity contribution in [2.24, 2.45) is 5.73 Å². The van der Waals surface area contributed by atoms with Crippen molar-refractivity contribution < 1.29 is 9.72 Å². The maximum atomic E-state index is 12.2. The monoisotopic (exact) mass is 345 g/mol. The average Bonchev–Trinajstić information content (AvgIpc) is 2.58. The van der Waals surface area contributed by atoms with Crippen LogP contribution in [0.25, 0.3) is 5.69 Å². The summed E-state index contributed by atoms with van der Waals surface area (Å²) < 4.78 is 1.23. The van der Waals surface area contributed by atoms with Gasteiger partial charge in [0.1, 0.15) is 5.69 Å². The molecule has 0 aliphatic heterocycles. The van der Waals surface area contributed by atoms with E-state index < -0.39 is 16.3 Å². The number of carbonyl (C=O) groups is 1. The number of aromatic nitrogens is 2. The number of benzene rings is 1. The number of carbonyl (C=O) groups excluding carboxylic acids is 1. The summed E-state index contributed by atoms with van der Waals surface area (Å²) in [5.74, 6) is -0.616. The van der Waals surface area contributed by atoms with Crippen LogP contribution in [0.5, 0.6) is 0 Å². The molecule has 9 nitrogen and oxygen atoms in total. The zero-order valence-corrected chi connectivity index (χ0v) is 13.8. The lowest BCUT2D eigenvalue weighted by Gasteiger charge is -2.11. The van der Waals surface area contributed by atoms with Crippen molar-refractivity contribution in [3.63, 3.8) is 0 Å². The van der Waals surface area contributed by atoms with E-state index in [4.69, 9.17) is 5.73 Å². The van der Waals surface area contributed by atoms with Crippen molar-refractivity contribution in [2.45, 2.75) is 19.8 Å². The lowest BCUT2D eigenvalue weighted by Crippen LogP contribution is -2.32. The number of para-hydroxylation sites is 2. The van der Waals surface area contributed by atoms with Crippen LogP contribution in [-0.2, 0) is 0 Å². The van der Waals surface area contributed by atoms with Gasteiger partial charge >= 0.3 is 0 Å². The highest BCUT2D eigenvalue weighted by Crippen LogP contribution is 2.22. The number of hydrogen-bond donors (Lipinski definition) is 2. The number of nitrogens with one attached hydrogen (secondary N) is 1. The molecule has 1 heterocycles. The van der Waals surface area contributed by atoms with Crippen molar-refractivity contribution in [3.05, 3.63) is 62.1 Å². The van der Waals surface area contributed by atoms with Crippen LogP contribution in [-0.4, -0.2) is 33.7 Å². The van der Waals surface area contributed by atoms with E-state index in [1.165, 1.54) is 28.9 Å². The molecule has 0 bridgehead atoms. The Morgan fingerprint density at radius 1 is 1.36 bits per heavy atom. The first-order valence-corrected chi connectivity index (χ1v) is 7.78. The van der Waals surface area contributed by atoms with E-state index in [-0.39, 0.29) is 17.1 Å². The predicted octanol–water partition coefficient (Wildman–Crippen LogP) is 0.918. The number of nitro benzene ring substituents is 1. The summed E-state index contributed by atoms with van der Waals surface area (Å²) in [6, 6.07) is 7.23. The van der Waals surface area contributed by atoms with E-state index in [9.17, 15) is 19.7 Å². The van der Waals surface area contributed by atoms with Gasteiger partial charge in [0, 0.05) is 24.4 Å². The van der Waals surface area contributed by atoms with E-state index in [2.05, 4.69) is 10.4 Å². The molecule has 9 heteroatoms. The third-order valence-electron chi connectivity index (χ3n) is 3.55. The van der Waals surface area contributed by atoms with E-state index in [1.54, 1.807) is 13.0 Å². The van der Waals surface area contributed by atoms with Crippen LogP contribution < -0.4 is 16.5 Å². The molecule has 2 aromatic rings. The Balaban J connectivity index is 2.40. The molecule has 132 valence electrons. The second-order valence-corrected chi connectivity index (χ2v) is 5.41. The molecule has 0 aliphatic carbocycles. The molecule has 0 radical (unpaired) electrons. The Morgan fingerprint density at radius 3 is 2.76 bits per heavy atom. The predicted molar refractivity (Wildman–Crippen MR) is 91.8 cm³/mol. The number of amides is 1. The first kappa shape index (κ1) is 18.3. The molecule has 1 aromatic carbocycles. The first-order chi connectivity index (χ1) is 12.0. The second-order valence-electron chi connectivity index (χ2n) is 5.41. The molecule has 0 unspecified atom stereocenters. The topological polar surface area (TPSA) is 133 Å². The number of rotatable bonds is 7. The third-order valence-corrected chi connectivity index (χ3v) is 3.55. The highest BCUT2D eigenvalue weighted by Gasteiger charge is 2.19. The van der Waals surface area contributed by atoms with Crippen LogP contribution in [0.4, 0.5) is 5.69 Å². The van der Waals surface area contributed by atoms with Gasteiger partial charge < -0.3 is 11.1 Å². The molecule has 2 rings (SSSR count). The standard InChI is InChI=1S/C16H19N5O4/c1-11-10-14(22)15(16(23)18-9-5-4-8-17)19-20(11)12-6-2-3-7-13(12)21(24)25/h2-3,6-7,10H,4-5,8-9,17H2,1H3,(H,18,23). The molecule has 0 saturated heterocycles. The molecule has 0 spiro atoms. The minimum Gasteiger partial charge on any atom is -0.351 e. The molecule has 0 aliphatic rings. The summed E-state index contributed by atoms with van der Waals surface area (Å²) in [5.41, 5.74) is 4.94. The van der Waals surface area contributed by atoms with Gasteiger partial charge in [-0.3, -0.25) is 19.7 Å². The van der Waals surface area contributed by atoms with Gasteiger partial charge in [-0.15, -0.1) is 0 Å². The fourth-order valence-electron chi connectivity index (χ4n) is 2.30. The number of aryl methyl sites for hydroxylation is 1. The maximum absolute atomic E-state index is 12.2. The normalized spacial score (nSPS) is 10.5. The Labute approximate surface area is 143 Å². The highest BCUT2D eigenvalue weighted by atomic mass is 16.6. The van der Waals surface area contributed by atoms with Crippen LogP contribution in [0.3, 0.4) is 0 Å². The number of nitro groups is 1. The lowest BCUT2D eigenvalue weighted by atomic mass is 10.2. The van der Waals surface area contributed by atoms with Gasteiger partial charge in [0.15, 0.2) is 5.69 Å². The minimum absolute atomic E-state index is 0.170. The number of hydrogen-bond acceptors (Lipinski definition) is 6. The van der Waals surface area contributed by atoms with Gasteiger partial charge in [-0.05, 0) is 32.4 Å². The molecule has 0 saturated carbocycles. The number of unbranched alkanes of at least 4 members (excludes halogenated alkanes) is 1. The van der Waals surface area contributed by atoms with Crippen LogP contribution in [0.2, 0.25) is 0 Å². The number of nitrogens with two attached hydrogens (primary N) is 1. The maximum Gasteiger partial charge on any atom is 0.294 e. The number of nitrogens with zero attached hydrogens (tertiary/aromatic N) is 3. The van der Waals surface area contributed by atoms with Gasteiger partial charge in [-0.2, -0.15) is 5.10 Å². The largest absolute Gasteiger partial charge is 0.351 e. The van der Waals surface area contributed by atoms with Crippen molar-refractivity contribution in [1.29, 1.82) is 0 Å². The van der Waals surface area contributed by atoms with E-state index in [1.807, 2.05) is 0 Å². The van der Waals surface area contributed by atoms with Crippen molar-refractivity contribution in [1.82, 2.24) is 15.1 Å². The molecule has 25 heavy (non-hydrogen) atoms. The Kier molecular flexibility index (Phi) is 5.96. The molecule has 1 aromatic heterocycles. The second kappa shape index (κ2) is 8.15. The van der Waals surface area contributed by atoms with Crippen LogP contribution in [0.1, 0.15) is 29.0 Å². The van der Waals surface area contributed by atoms with Crippen LogP contribution in [0.15, 0.2) is 35.1 Å². The molecular formula is C16H19N5O4. The van der Waals surface area contributed by atoms with Gasteiger partial charge in [0.2, 0.25) is 5.43 Å². The average molecular weight is 345 g/mol. The van der Waals surface area contributed by atoms with Crippen LogP contribution >= 0.6 is 0 Å². The summed E-state index contributed by atoms with van der Waals surface area (Å²) in [4.78, 5) is 34.9. The van der Waals surface area contributed by atoms with E-state index in [0.717, 1.165) is 6.42 Å².